The largest absolute Gasteiger partial charge is 0.391 e. The summed E-state index contributed by atoms with van der Waals surface area (Å²) in [6.07, 6.45) is -1.50. The van der Waals surface area contributed by atoms with Crippen molar-refractivity contribution in [1.29, 1.82) is 0 Å². The Labute approximate surface area is 124 Å². The molecule has 22 heavy (non-hydrogen) atoms. The van der Waals surface area contributed by atoms with Crippen LogP contribution in [0.25, 0.3) is 10.9 Å². The van der Waals surface area contributed by atoms with E-state index in [9.17, 15) is 17.6 Å². The van der Waals surface area contributed by atoms with Crippen LogP contribution in [0, 0.1) is 11.7 Å². The Balaban J connectivity index is 1.82. The van der Waals surface area contributed by atoms with Gasteiger partial charge < -0.3 is 5.32 Å². The van der Waals surface area contributed by atoms with Crippen molar-refractivity contribution in [1.82, 2.24) is 9.97 Å². The van der Waals surface area contributed by atoms with E-state index in [1.54, 1.807) is 0 Å². The van der Waals surface area contributed by atoms with Gasteiger partial charge in [0.25, 0.3) is 0 Å². The fraction of sp³-hybridized carbons (Fsp3) is 0.467. The molecule has 2 aromatic rings. The number of hydrogen-bond acceptors (Lipinski definition) is 3. The van der Waals surface area contributed by atoms with E-state index in [1.807, 2.05) is 0 Å². The number of fused-ring (bicyclic) bond motifs is 1. The van der Waals surface area contributed by atoms with Gasteiger partial charge in [0.1, 0.15) is 18.0 Å². The Morgan fingerprint density at radius 1 is 1.14 bits per heavy atom. The van der Waals surface area contributed by atoms with Crippen LogP contribution < -0.4 is 5.32 Å². The van der Waals surface area contributed by atoms with Crippen molar-refractivity contribution in [2.24, 2.45) is 5.92 Å². The Bertz CT molecular complexity index is 671. The van der Waals surface area contributed by atoms with Crippen molar-refractivity contribution in [2.45, 2.75) is 37.9 Å². The van der Waals surface area contributed by atoms with Crippen molar-refractivity contribution >= 4 is 16.7 Å². The third-order valence-electron chi connectivity index (χ3n) is 4.08. The first-order valence-electron chi connectivity index (χ1n) is 7.17. The van der Waals surface area contributed by atoms with Gasteiger partial charge in [-0.1, -0.05) is 6.42 Å². The molecule has 0 amide bonds. The van der Waals surface area contributed by atoms with Crippen molar-refractivity contribution in [3.63, 3.8) is 0 Å². The standard InChI is InChI=1S/C15H15F4N3/c16-10-4-5-13-12(7-10)14(21-8-20-13)22-11-3-1-2-9(6-11)15(17,18)19/h4-5,7-9,11H,1-3,6H2,(H,20,21,22). The fourth-order valence-corrected chi connectivity index (χ4v) is 2.96. The zero-order valence-electron chi connectivity index (χ0n) is 11.7. The minimum Gasteiger partial charge on any atom is -0.367 e. The molecule has 7 heteroatoms. The molecule has 2 unspecified atom stereocenters. The van der Waals surface area contributed by atoms with Gasteiger partial charge in [-0.2, -0.15) is 13.2 Å². The number of anilines is 1. The Kier molecular flexibility index (Phi) is 3.88. The van der Waals surface area contributed by atoms with Crippen LogP contribution in [-0.4, -0.2) is 22.2 Å². The molecule has 3 nitrogen and oxygen atoms in total. The van der Waals surface area contributed by atoms with Crippen molar-refractivity contribution in [3.05, 3.63) is 30.3 Å². The highest BCUT2D eigenvalue weighted by molar-refractivity contribution is 5.88. The van der Waals surface area contributed by atoms with E-state index in [1.165, 1.54) is 24.5 Å². The summed E-state index contributed by atoms with van der Waals surface area (Å²) in [4.78, 5) is 8.09. The van der Waals surface area contributed by atoms with Crippen LogP contribution in [0.4, 0.5) is 23.4 Å². The van der Waals surface area contributed by atoms with Crippen LogP contribution in [0.2, 0.25) is 0 Å². The molecule has 0 bridgehead atoms. The summed E-state index contributed by atoms with van der Waals surface area (Å²) in [5.74, 6) is -1.33. The third-order valence-corrected chi connectivity index (χ3v) is 4.08. The summed E-state index contributed by atoms with van der Waals surface area (Å²) in [5, 5.41) is 3.52. The number of nitrogens with zero attached hydrogens (tertiary/aromatic N) is 2. The second-order valence-electron chi connectivity index (χ2n) is 5.63. The molecule has 3 rings (SSSR count). The number of nitrogens with one attached hydrogen (secondary N) is 1. The van der Waals surface area contributed by atoms with E-state index in [0.717, 1.165) is 0 Å². The highest BCUT2D eigenvalue weighted by atomic mass is 19.4. The SMILES string of the molecule is Fc1ccc2ncnc(NC3CCCC(C(F)(F)F)C3)c2c1. The Morgan fingerprint density at radius 2 is 1.95 bits per heavy atom. The predicted molar refractivity (Wildman–Crippen MR) is 74.9 cm³/mol. The minimum atomic E-state index is -4.17. The van der Waals surface area contributed by atoms with Crippen molar-refractivity contribution in [2.75, 3.05) is 5.32 Å². The van der Waals surface area contributed by atoms with E-state index in [0.29, 0.717) is 29.6 Å². The molecule has 1 N–H and O–H groups in total. The maximum atomic E-state index is 13.4. The van der Waals surface area contributed by atoms with E-state index in [-0.39, 0.29) is 18.9 Å². The fourth-order valence-electron chi connectivity index (χ4n) is 2.96. The number of hydrogen-bond donors (Lipinski definition) is 1. The highest BCUT2D eigenvalue weighted by Crippen LogP contribution is 2.38. The van der Waals surface area contributed by atoms with Gasteiger partial charge in [0.2, 0.25) is 0 Å². The lowest BCUT2D eigenvalue weighted by atomic mass is 9.85. The average molecular weight is 313 g/mol. The molecule has 1 heterocycles. The topological polar surface area (TPSA) is 37.8 Å². The zero-order chi connectivity index (χ0) is 15.7. The van der Waals surface area contributed by atoms with Gasteiger partial charge in [0, 0.05) is 11.4 Å². The van der Waals surface area contributed by atoms with Gasteiger partial charge in [0.05, 0.1) is 11.4 Å². The number of halogens is 4. The van der Waals surface area contributed by atoms with Gasteiger partial charge in [-0.25, -0.2) is 14.4 Å². The van der Waals surface area contributed by atoms with Crippen LogP contribution in [-0.2, 0) is 0 Å². The molecular weight excluding hydrogens is 298 g/mol. The molecule has 1 saturated carbocycles. The Morgan fingerprint density at radius 3 is 2.73 bits per heavy atom. The lowest BCUT2D eigenvalue weighted by Gasteiger charge is -2.31. The molecule has 1 aromatic carbocycles. The summed E-state index contributed by atoms with van der Waals surface area (Å²) in [5.41, 5.74) is 0.557. The zero-order valence-corrected chi connectivity index (χ0v) is 11.7. The smallest absolute Gasteiger partial charge is 0.367 e. The second-order valence-corrected chi connectivity index (χ2v) is 5.63. The molecule has 0 aliphatic heterocycles. The second kappa shape index (κ2) is 5.70. The van der Waals surface area contributed by atoms with Gasteiger partial charge in [0.15, 0.2) is 0 Å². The number of aromatic nitrogens is 2. The van der Waals surface area contributed by atoms with E-state index < -0.39 is 17.9 Å². The maximum Gasteiger partial charge on any atom is 0.391 e. The normalized spacial score (nSPS) is 22.7. The maximum absolute atomic E-state index is 13.4. The van der Waals surface area contributed by atoms with Gasteiger partial charge in [-0.05, 0) is 37.5 Å². The van der Waals surface area contributed by atoms with Crippen LogP contribution >= 0.6 is 0 Å². The average Bonchev–Trinajstić information content (AvgIpc) is 2.47. The first-order chi connectivity index (χ1) is 10.4. The minimum absolute atomic E-state index is 0.0182. The van der Waals surface area contributed by atoms with Crippen LogP contribution in [0.1, 0.15) is 25.7 Å². The van der Waals surface area contributed by atoms with Crippen LogP contribution in [0.3, 0.4) is 0 Å². The monoisotopic (exact) mass is 313 g/mol. The van der Waals surface area contributed by atoms with Gasteiger partial charge in [-0.15, -0.1) is 0 Å². The molecule has 1 fully saturated rings. The molecule has 2 atom stereocenters. The van der Waals surface area contributed by atoms with E-state index >= 15 is 0 Å². The molecule has 0 saturated heterocycles. The molecule has 0 radical (unpaired) electrons. The molecule has 1 aromatic heterocycles. The molecular formula is C15H15F4N3. The number of rotatable bonds is 2. The number of alkyl halides is 3. The summed E-state index contributed by atoms with van der Waals surface area (Å²) in [6, 6.07) is 3.79. The van der Waals surface area contributed by atoms with E-state index in [2.05, 4.69) is 15.3 Å². The third kappa shape index (κ3) is 3.13. The van der Waals surface area contributed by atoms with Crippen molar-refractivity contribution < 1.29 is 17.6 Å². The molecule has 1 aliphatic rings. The first-order valence-corrected chi connectivity index (χ1v) is 7.17. The summed E-state index contributed by atoms with van der Waals surface area (Å²) < 4.78 is 52.0. The summed E-state index contributed by atoms with van der Waals surface area (Å²) in [7, 11) is 0. The first kappa shape index (κ1) is 15.0. The lowest BCUT2D eigenvalue weighted by molar-refractivity contribution is -0.182. The predicted octanol–water partition coefficient (Wildman–Crippen LogP) is 4.30. The molecule has 0 spiro atoms. The quantitative estimate of drug-likeness (QED) is 0.840. The summed E-state index contributed by atoms with van der Waals surface area (Å²) >= 11 is 0. The lowest BCUT2D eigenvalue weighted by Crippen LogP contribution is -2.34. The molecule has 118 valence electrons. The number of benzene rings is 1. The molecule has 1 aliphatic carbocycles. The summed E-state index contributed by atoms with van der Waals surface area (Å²) in [6.45, 7) is 0. The van der Waals surface area contributed by atoms with Crippen molar-refractivity contribution in [3.8, 4) is 0 Å². The highest BCUT2D eigenvalue weighted by Gasteiger charge is 2.42. The van der Waals surface area contributed by atoms with Gasteiger partial charge in [-0.3, -0.25) is 0 Å². The van der Waals surface area contributed by atoms with Crippen LogP contribution in [0.15, 0.2) is 24.5 Å². The van der Waals surface area contributed by atoms with Gasteiger partial charge >= 0.3 is 6.18 Å². The van der Waals surface area contributed by atoms with Crippen LogP contribution in [0.5, 0.6) is 0 Å². The Hall–Kier alpha value is -1.92. The van der Waals surface area contributed by atoms with E-state index in [4.69, 9.17) is 0 Å².